The number of nitrogens with one attached hydrogen (secondary N) is 1. The lowest BCUT2D eigenvalue weighted by atomic mass is 9.78. The second-order valence-corrected chi connectivity index (χ2v) is 9.46. The second kappa shape index (κ2) is 9.31. The van der Waals surface area contributed by atoms with Crippen LogP contribution in [0.5, 0.6) is 0 Å². The Kier molecular flexibility index (Phi) is 6.60. The van der Waals surface area contributed by atoms with E-state index >= 15 is 0 Å². The topological polar surface area (TPSA) is 92.8 Å². The molecule has 0 aromatic heterocycles. The minimum atomic E-state index is -1.50. The number of rotatable bonds is 7. The summed E-state index contributed by atoms with van der Waals surface area (Å²) < 4.78 is 20.0. The van der Waals surface area contributed by atoms with E-state index in [4.69, 9.17) is 4.74 Å². The third-order valence-electron chi connectivity index (χ3n) is 6.66. The maximum Gasteiger partial charge on any atom is 0.326 e. The highest BCUT2D eigenvalue weighted by Crippen LogP contribution is 2.51. The molecule has 2 fully saturated rings. The predicted molar refractivity (Wildman–Crippen MR) is 126 cm³/mol. The van der Waals surface area contributed by atoms with Crippen molar-refractivity contribution in [3.63, 3.8) is 0 Å². The molecule has 0 unspecified atom stereocenters. The van der Waals surface area contributed by atoms with Crippen molar-refractivity contribution in [1.29, 1.82) is 0 Å². The van der Waals surface area contributed by atoms with Gasteiger partial charge in [0.25, 0.3) is 0 Å². The Morgan fingerprint density at radius 1 is 1.15 bits per heavy atom. The molecule has 2 aromatic carbocycles. The zero-order valence-electron chi connectivity index (χ0n) is 19.0. The van der Waals surface area contributed by atoms with Crippen LogP contribution in [0, 0.1) is 17.7 Å². The molecule has 34 heavy (non-hydrogen) atoms. The van der Waals surface area contributed by atoms with Crippen LogP contribution in [0.2, 0.25) is 0 Å². The van der Waals surface area contributed by atoms with E-state index in [9.17, 15) is 23.6 Å². The number of carbonyl (C=O) groups excluding carboxylic acids is 4. The monoisotopic (exact) mass is 484 g/mol. The van der Waals surface area contributed by atoms with Crippen LogP contribution in [0.15, 0.2) is 48.5 Å². The highest BCUT2D eigenvalue weighted by Gasteiger charge is 2.68. The molecule has 2 aromatic rings. The maximum atomic E-state index is 14.9. The Bertz CT molecular complexity index is 1170. The van der Waals surface area contributed by atoms with E-state index in [-0.39, 0.29) is 23.5 Å². The van der Waals surface area contributed by atoms with Gasteiger partial charge in [-0.25, -0.2) is 9.29 Å². The smallest absolute Gasteiger partial charge is 0.326 e. The van der Waals surface area contributed by atoms with Crippen molar-refractivity contribution in [2.24, 2.45) is 11.8 Å². The van der Waals surface area contributed by atoms with Crippen LogP contribution < -0.4 is 10.2 Å². The number of methoxy groups -OCH3 is 1. The summed E-state index contributed by atoms with van der Waals surface area (Å²) in [6.07, 6.45) is 2.08. The zero-order chi connectivity index (χ0) is 24.6. The Balaban J connectivity index is 1.88. The van der Waals surface area contributed by atoms with Gasteiger partial charge in [-0.1, -0.05) is 30.3 Å². The molecule has 4 atom stereocenters. The van der Waals surface area contributed by atoms with E-state index in [2.05, 4.69) is 5.32 Å². The number of ketones is 1. The fraction of sp³-hybridized carbons (Fsp3) is 0.360. The number of fused-ring (bicyclic) bond motifs is 1. The summed E-state index contributed by atoms with van der Waals surface area (Å²) in [4.78, 5) is 53.6. The lowest BCUT2D eigenvalue weighted by Gasteiger charge is -2.32. The highest BCUT2D eigenvalue weighted by molar-refractivity contribution is 7.98. The zero-order valence-corrected chi connectivity index (χ0v) is 19.9. The van der Waals surface area contributed by atoms with E-state index in [0.29, 0.717) is 11.3 Å². The quantitative estimate of drug-likeness (QED) is 0.367. The van der Waals surface area contributed by atoms with E-state index in [1.165, 1.54) is 44.0 Å². The summed E-state index contributed by atoms with van der Waals surface area (Å²) in [7, 11) is 1.23. The summed E-state index contributed by atoms with van der Waals surface area (Å²) >= 11 is 1.48. The first-order valence-corrected chi connectivity index (χ1v) is 12.2. The Morgan fingerprint density at radius 2 is 1.88 bits per heavy atom. The Hall–Kier alpha value is -3.04. The Morgan fingerprint density at radius 3 is 2.53 bits per heavy atom. The van der Waals surface area contributed by atoms with Crippen LogP contribution >= 0.6 is 11.8 Å². The minimum Gasteiger partial charge on any atom is -0.468 e. The summed E-state index contributed by atoms with van der Waals surface area (Å²) in [5, 5.41) is 3.16. The normalized spacial score (nSPS) is 26.0. The van der Waals surface area contributed by atoms with E-state index < -0.39 is 47.0 Å². The van der Waals surface area contributed by atoms with Gasteiger partial charge in [-0.05, 0) is 43.6 Å². The molecule has 2 heterocycles. The minimum absolute atomic E-state index is 0.202. The van der Waals surface area contributed by atoms with Gasteiger partial charge in [0.2, 0.25) is 11.8 Å². The second-order valence-electron chi connectivity index (χ2n) is 8.47. The molecule has 178 valence electrons. The molecular weight excluding hydrogens is 459 g/mol. The number of anilines is 1. The number of hydrogen-bond acceptors (Lipinski definition) is 7. The maximum absolute atomic E-state index is 14.9. The van der Waals surface area contributed by atoms with Crippen LogP contribution in [-0.4, -0.2) is 48.2 Å². The molecule has 4 rings (SSSR count). The number of nitrogens with zero attached hydrogens (tertiary/aromatic N) is 1. The standard InChI is InChI=1S/C25H25FN2O5S/c1-14(29)15-7-6-8-16(13-15)28-22(30)19-20(23(28)31)25(11-12-34-3,24(32)33-2)27-21(19)17-9-4-5-10-18(17)26/h4-10,13,19-21,27H,11-12H2,1-3H3/t19-,20-,21-,25-/m1/s1. The summed E-state index contributed by atoms with van der Waals surface area (Å²) in [5.74, 6) is -4.15. The lowest BCUT2D eigenvalue weighted by Crippen LogP contribution is -2.56. The molecule has 0 aliphatic carbocycles. The first kappa shape index (κ1) is 24.1. The van der Waals surface area contributed by atoms with Crippen LogP contribution in [0.4, 0.5) is 10.1 Å². The molecule has 2 aliphatic rings. The largest absolute Gasteiger partial charge is 0.468 e. The lowest BCUT2D eigenvalue weighted by molar-refractivity contribution is -0.152. The summed E-state index contributed by atoms with van der Waals surface area (Å²) in [6, 6.07) is 11.3. The molecule has 1 N–H and O–H groups in total. The van der Waals surface area contributed by atoms with Gasteiger partial charge in [0.05, 0.1) is 24.6 Å². The molecule has 0 radical (unpaired) electrons. The number of imide groups is 1. The van der Waals surface area contributed by atoms with Gasteiger partial charge in [0.1, 0.15) is 11.4 Å². The fourth-order valence-electron chi connectivity index (χ4n) is 5.08. The van der Waals surface area contributed by atoms with E-state index in [1.54, 1.807) is 30.3 Å². The SMILES string of the molecule is COC(=O)[C@]1(CCSC)N[C@H](c2ccccc2F)[C@@H]2C(=O)N(c3cccc(C(C)=O)c3)C(=O)[C@@H]21. The average molecular weight is 485 g/mol. The van der Waals surface area contributed by atoms with Crippen molar-refractivity contribution < 1.29 is 28.3 Å². The van der Waals surface area contributed by atoms with Crippen molar-refractivity contribution in [3.05, 3.63) is 65.5 Å². The van der Waals surface area contributed by atoms with Crippen molar-refractivity contribution in [3.8, 4) is 0 Å². The van der Waals surface area contributed by atoms with Gasteiger partial charge in [-0.2, -0.15) is 11.8 Å². The number of amides is 2. The number of carbonyl (C=O) groups is 4. The highest BCUT2D eigenvalue weighted by atomic mass is 32.2. The van der Waals surface area contributed by atoms with Gasteiger partial charge in [0.15, 0.2) is 5.78 Å². The number of hydrogen-bond donors (Lipinski definition) is 1. The number of thioether (sulfide) groups is 1. The molecule has 0 saturated carbocycles. The first-order chi connectivity index (χ1) is 16.3. The number of Topliss-reactive ketones (excluding diaryl/α,β-unsaturated/α-hetero) is 1. The van der Waals surface area contributed by atoms with Gasteiger partial charge in [-0.3, -0.25) is 24.5 Å². The third-order valence-corrected chi connectivity index (χ3v) is 7.27. The molecule has 2 saturated heterocycles. The average Bonchev–Trinajstić information content (AvgIpc) is 3.31. The molecule has 9 heteroatoms. The van der Waals surface area contributed by atoms with Crippen LogP contribution in [0.1, 0.15) is 35.3 Å². The summed E-state index contributed by atoms with van der Waals surface area (Å²) in [6.45, 7) is 1.39. The molecule has 7 nitrogen and oxygen atoms in total. The third kappa shape index (κ3) is 3.73. The van der Waals surface area contributed by atoms with Crippen molar-refractivity contribution in [2.45, 2.75) is 24.9 Å². The molecule has 2 aliphatic heterocycles. The number of halogens is 1. The number of benzene rings is 2. The van der Waals surface area contributed by atoms with Gasteiger partial charge in [0, 0.05) is 17.2 Å². The fourth-order valence-corrected chi connectivity index (χ4v) is 5.61. The van der Waals surface area contributed by atoms with Crippen LogP contribution in [0.25, 0.3) is 0 Å². The van der Waals surface area contributed by atoms with Gasteiger partial charge < -0.3 is 4.74 Å². The molecule has 0 spiro atoms. The summed E-state index contributed by atoms with van der Waals surface area (Å²) in [5.41, 5.74) is -0.712. The van der Waals surface area contributed by atoms with Gasteiger partial charge >= 0.3 is 5.97 Å². The van der Waals surface area contributed by atoms with Gasteiger partial charge in [-0.15, -0.1) is 0 Å². The van der Waals surface area contributed by atoms with Crippen LogP contribution in [-0.2, 0) is 19.1 Å². The number of esters is 1. The predicted octanol–water partition coefficient (Wildman–Crippen LogP) is 3.14. The first-order valence-electron chi connectivity index (χ1n) is 10.8. The van der Waals surface area contributed by atoms with Crippen molar-refractivity contribution in [2.75, 3.05) is 24.0 Å². The van der Waals surface area contributed by atoms with E-state index in [1.807, 2.05) is 6.26 Å². The van der Waals surface area contributed by atoms with E-state index in [0.717, 1.165) is 4.90 Å². The molecule has 2 amide bonds. The van der Waals surface area contributed by atoms with Crippen LogP contribution in [0.3, 0.4) is 0 Å². The van der Waals surface area contributed by atoms with Crippen molar-refractivity contribution in [1.82, 2.24) is 5.32 Å². The Labute approximate surface area is 201 Å². The molecule has 0 bridgehead atoms. The van der Waals surface area contributed by atoms with Crippen molar-refractivity contribution >= 4 is 41.0 Å². The molecular formula is C25H25FN2O5S. The number of ether oxygens (including phenoxy) is 1.